The fourth-order valence-electron chi connectivity index (χ4n) is 4.30. The molecule has 1 aliphatic rings. The summed E-state index contributed by atoms with van der Waals surface area (Å²) in [7, 11) is -3.49. The fourth-order valence-corrected chi connectivity index (χ4v) is 5.06. The zero-order valence-electron chi connectivity index (χ0n) is 22.5. The number of hydrogen-bond acceptors (Lipinski definition) is 11. The first kappa shape index (κ1) is 28.3. The third kappa shape index (κ3) is 5.40. The summed E-state index contributed by atoms with van der Waals surface area (Å²) in [6, 6.07) is -1.67. The zero-order valence-corrected chi connectivity index (χ0v) is 23.4. The predicted octanol–water partition coefficient (Wildman–Crippen LogP) is 3.41. The van der Waals surface area contributed by atoms with Crippen molar-refractivity contribution in [1.82, 2.24) is 39.5 Å². The van der Waals surface area contributed by atoms with Gasteiger partial charge in [0.15, 0.2) is 27.1 Å². The van der Waals surface area contributed by atoms with Gasteiger partial charge in [0.05, 0.1) is 35.4 Å². The average molecular weight is 584 g/mol. The molecule has 1 saturated carbocycles. The van der Waals surface area contributed by atoms with Gasteiger partial charge in [0.25, 0.3) is 11.5 Å². The lowest BCUT2D eigenvalue weighted by molar-refractivity contribution is 0.00525. The minimum Gasteiger partial charge on any atom is -0.358 e. The average Bonchev–Trinajstić information content (AvgIpc) is 3.81. The van der Waals surface area contributed by atoms with Crippen molar-refractivity contribution in [3.63, 3.8) is 0 Å². The standard InChI is InChI=1S/C26H27F2N9O3S/c1-5-26(27,28)15(4)37-24-18(11-31-22(36-24)20-14(3)33-13-34-21(20)16-7-8-16)35-23(25(37)38)32-12-19-29-9-17(10-30-19)41(39,40)6-2/h5,9-11,13,15-16H,1,6-8,12H2,2-4H3,(H,32,35)/t15-/m0/s1. The van der Waals surface area contributed by atoms with Crippen molar-refractivity contribution < 1.29 is 17.2 Å². The van der Waals surface area contributed by atoms with Crippen LogP contribution in [0.2, 0.25) is 0 Å². The SMILES string of the molecule is C=CC(F)(F)[C@H](C)n1c(=O)c(NCc2ncc(S(=O)(=O)CC)cn2)nc2cnc(-c3c(C)ncnc3C3CC3)nc21. The lowest BCUT2D eigenvalue weighted by atomic mass is 10.1. The van der Waals surface area contributed by atoms with Crippen molar-refractivity contribution in [2.24, 2.45) is 0 Å². The van der Waals surface area contributed by atoms with E-state index in [9.17, 15) is 22.0 Å². The highest BCUT2D eigenvalue weighted by molar-refractivity contribution is 7.91. The maximum atomic E-state index is 14.9. The zero-order chi connectivity index (χ0) is 29.5. The lowest BCUT2D eigenvalue weighted by Crippen LogP contribution is -2.36. The molecule has 0 radical (unpaired) electrons. The van der Waals surface area contributed by atoms with Crippen LogP contribution in [0.1, 0.15) is 55.9 Å². The molecular formula is C26H27F2N9O3S. The smallest absolute Gasteiger partial charge is 0.295 e. The van der Waals surface area contributed by atoms with E-state index in [0.717, 1.165) is 23.1 Å². The van der Waals surface area contributed by atoms with Crippen molar-refractivity contribution in [3.05, 3.63) is 65.1 Å². The summed E-state index contributed by atoms with van der Waals surface area (Å²) < 4.78 is 54.7. The van der Waals surface area contributed by atoms with Gasteiger partial charge in [-0.25, -0.2) is 43.3 Å². The normalized spacial score (nSPS) is 14.7. The summed E-state index contributed by atoms with van der Waals surface area (Å²) in [5, 5.41) is 2.78. The number of alkyl halides is 2. The summed E-state index contributed by atoms with van der Waals surface area (Å²) >= 11 is 0. The van der Waals surface area contributed by atoms with Gasteiger partial charge in [-0.05, 0) is 32.8 Å². The van der Waals surface area contributed by atoms with Gasteiger partial charge in [-0.3, -0.25) is 9.36 Å². The Hall–Kier alpha value is -4.27. The first-order chi connectivity index (χ1) is 19.5. The molecule has 0 amide bonds. The van der Waals surface area contributed by atoms with Crippen LogP contribution in [0.15, 0.2) is 47.3 Å². The summed E-state index contributed by atoms with van der Waals surface area (Å²) in [6.07, 6.45) is 7.57. The molecule has 1 atom stereocenters. The quantitative estimate of drug-likeness (QED) is 0.273. The van der Waals surface area contributed by atoms with E-state index in [1.54, 1.807) is 6.92 Å². The monoisotopic (exact) mass is 583 g/mol. The van der Waals surface area contributed by atoms with Crippen molar-refractivity contribution >= 4 is 26.8 Å². The molecule has 0 bridgehead atoms. The topological polar surface area (TPSA) is 158 Å². The van der Waals surface area contributed by atoms with Crippen LogP contribution in [0, 0.1) is 6.92 Å². The van der Waals surface area contributed by atoms with Gasteiger partial charge in [-0.2, -0.15) is 8.78 Å². The molecule has 1 N–H and O–H groups in total. The van der Waals surface area contributed by atoms with E-state index < -0.39 is 27.4 Å². The van der Waals surface area contributed by atoms with E-state index in [1.165, 1.54) is 38.8 Å². The molecule has 1 aliphatic carbocycles. The molecule has 12 nitrogen and oxygen atoms in total. The first-order valence-corrected chi connectivity index (χ1v) is 14.5. The molecule has 0 saturated heterocycles. The summed E-state index contributed by atoms with van der Waals surface area (Å²) in [5.41, 5.74) is 1.16. The van der Waals surface area contributed by atoms with E-state index in [-0.39, 0.29) is 51.7 Å². The second-order valence-corrected chi connectivity index (χ2v) is 12.0. The molecule has 4 heterocycles. The molecule has 0 aliphatic heterocycles. The number of aromatic nitrogens is 8. The number of aryl methyl sites for hydroxylation is 1. The van der Waals surface area contributed by atoms with Gasteiger partial charge in [0.1, 0.15) is 28.6 Å². The van der Waals surface area contributed by atoms with E-state index in [4.69, 9.17) is 0 Å². The number of nitrogens with one attached hydrogen (secondary N) is 1. The van der Waals surface area contributed by atoms with Gasteiger partial charge < -0.3 is 5.32 Å². The van der Waals surface area contributed by atoms with Crippen molar-refractivity contribution in [2.75, 3.05) is 11.1 Å². The van der Waals surface area contributed by atoms with Gasteiger partial charge >= 0.3 is 0 Å². The summed E-state index contributed by atoms with van der Waals surface area (Å²) in [4.78, 5) is 43.6. The van der Waals surface area contributed by atoms with Gasteiger partial charge in [0.2, 0.25) is 0 Å². The molecule has 0 aromatic carbocycles. The minimum absolute atomic E-state index is 0.0349. The highest BCUT2D eigenvalue weighted by Crippen LogP contribution is 2.43. The molecule has 41 heavy (non-hydrogen) atoms. The van der Waals surface area contributed by atoms with Crippen molar-refractivity contribution in [3.8, 4) is 11.4 Å². The Morgan fingerprint density at radius 3 is 2.49 bits per heavy atom. The van der Waals surface area contributed by atoms with Gasteiger partial charge in [-0.15, -0.1) is 0 Å². The van der Waals surface area contributed by atoms with Crippen LogP contribution >= 0.6 is 0 Å². The molecule has 0 unspecified atom stereocenters. The predicted molar refractivity (Wildman–Crippen MR) is 146 cm³/mol. The maximum Gasteiger partial charge on any atom is 0.295 e. The fraction of sp³-hybridized carbons (Fsp3) is 0.385. The van der Waals surface area contributed by atoms with Crippen LogP contribution < -0.4 is 10.9 Å². The summed E-state index contributed by atoms with van der Waals surface area (Å²) in [5.74, 6) is -3.22. The number of nitrogens with zero attached hydrogens (tertiary/aromatic N) is 8. The van der Waals surface area contributed by atoms with Crippen LogP contribution in [0.4, 0.5) is 14.6 Å². The highest BCUT2D eigenvalue weighted by Gasteiger charge is 2.37. The third-order valence-electron chi connectivity index (χ3n) is 6.94. The van der Waals surface area contributed by atoms with Gasteiger partial charge in [-0.1, -0.05) is 13.5 Å². The molecule has 4 aromatic heterocycles. The highest BCUT2D eigenvalue weighted by atomic mass is 32.2. The molecular weight excluding hydrogens is 556 g/mol. The number of anilines is 1. The number of sulfone groups is 1. The first-order valence-electron chi connectivity index (χ1n) is 12.9. The minimum atomic E-state index is -3.49. The van der Waals surface area contributed by atoms with Crippen LogP contribution in [0.3, 0.4) is 0 Å². The Balaban J connectivity index is 1.59. The Kier molecular flexibility index (Phi) is 7.32. The lowest BCUT2D eigenvalue weighted by Gasteiger charge is -2.24. The number of hydrogen-bond donors (Lipinski definition) is 1. The molecule has 1 fully saturated rings. The van der Waals surface area contributed by atoms with E-state index in [2.05, 4.69) is 46.8 Å². The van der Waals surface area contributed by atoms with Crippen LogP contribution in [0.25, 0.3) is 22.6 Å². The van der Waals surface area contributed by atoms with Crippen LogP contribution in [-0.2, 0) is 16.4 Å². The Morgan fingerprint density at radius 1 is 1.15 bits per heavy atom. The van der Waals surface area contributed by atoms with Crippen LogP contribution in [0.5, 0.6) is 0 Å². The summed E-state index contributed by atoms with van der Waals surface area (Å²) in [6.45, 7) is 7.58. The Labute approximate surface area is 234 Å². The van der Waals surface area contributed by atoms with Crippen molar-refractivity contribution in [1.29, 1.82) is 0 Å². The molecule has 15 heteroatoms. The second kappa shape index (κ2) is 10.6. The number of allylic oxidation sites excluding steroid dienone is 1. The molecule has 4 aromatic rings. The Morgan fingerprint density at radius 2 is 1.85 bits per heavy atom. The number of halogens is 2. The second-order valence-electron chi connectivity index (χ2n) is 9.68. The molecule has 0 spiro atoms. The number of fused-ring (bicyclic) bond motifs is 1. The van der Waals surface area contributed by atoms with E-state index in [1.807, 2.05) is 0 Å². The number of rotatable bonds is 10. The maximum absolute atomic E-state index is 14.9. The van der Waals surface area contributed by atoms with Gasteiger partial charge in [0, 0.05) is 18.3 Å². The molecule has 5 rings (SSSR count). The van der Waals surface area contributed by atoms with E-state index in [0.29, 0.717) is 17.3 Å². The van der Waals surface area contributed by atoms with E-state index >= 15 is 0 Å². The van der Waals surface area contributed by atoms with Crippen molar-refractivity contribution in [2.45, 2.75) is 62.9 Å². The Bertz CT molecular complexity index is 1810. The van der Waals surface area contributed by atoms with Crippen LogP contribution in [-0.4, -0.2) is 59.5 Å². The largest absolute Gasteiger partial charge is 0.358 e. The third-order valence-corrected chi connectivity index (χ3v) is 8.63. The molecule has 214 valence electrons.